The molecule has 0 spiro atoms. The van der Waals surface area contributed by atoms with E-state index in [1.807, 2.05) is 30.3 Å². The predicted octanol–water partition coefficient (Wildman–Crippen LogP) is 6.05. The highest BCUT2D eigenvalue weighted by atomic mass is 32.1. The Morgan fingerprint density at radius 3 is 2.31 bits per heavy atom. The second-order valence-electron chi connectivity index (χ2n) is 8.85. The number of benzene rings is 2. The van der Waals surface area contributed by atoms with Gasteiger partial charge in [0.25, 0.3) is 0 Å². The van der Waals surface area contributed by atoms with Gasteiger partial charge in [0.1, 0.15) is 11.5 Å². The van der Waals surface area contributed by atoms with Crippen LogP contribution in [0.15, 0.2) is 53.0 Å². The summed E-state index contributed by atoms with van der Waals surface area (Å²) in [6.45, 7) is 2.10. The molecule has 5 rings (SSSR count). The number of hydrogen-bond acceptors (Lipinski definition) is 7. The highest BCUT2D eigenvalue weighted by molar-refractivity contribution is 7.10. The lowest BCUT2D eigenvalue weighted by atomic mass is 9.73. The molecule has 0 unspecified atom stereocenters. The molecule has 0 saturated heterocycles. The number of aryl methyl sites for hydroxylation is 1. The van der Waals surface area contributed by atoms with Crippen LogP contribution in [0.4, 0.5) is 5.69 Å². The average molecular weight is 492 g/mol. The van der Waals surface area contributed by atoms with E-state index in [1.165, 1.54) is 10.4 Å². The number of rotatable bonds is 6. The van der Waals surface area contributed by atoms with Crippen molar-refractivity contribution in [1.82, 2.24) is 0 Å². The van der Waals surface area contributed by atoms with E-state index in [1.54, 1.807) is 39.8 Å². The third-order valence-corrected chi connectivity index (χ3v) is 8.07. The molecule has 2 aromatic carbocycles. The Bertz CT molecular complexity index is 1320. The van der Waals surface area contributed by atoms with E-state index in [2.05, 4.69) is 23.7 Å². The van der Waals surface area contributed by atoms with Gasteiger partial charge in [-0.15, -0.1) is 11.3 Å². The summed E-state index contributed by atoms with van der Waals surface area (Å²) >= 11 is 1.68. The number of thiophene rings is 1. The zero-order valence-electron chi connectivity index (χ0n) is 20.6. The lowest BCUT2D eigenvalue weighted by molar-refractivity contribution is -0.116. The molecule has 2 aliphatic rings. The number of allylic oxidation sites excluding steroid dienone is 2. The Labute approximate surface area is 209 Å². The molecule has 7 heteroatoms. The van der Waals surface area contributed by atoms with Crippen molar-refractivity contribution in [2.75, 3.05) is 33.8 Å². The minimum atomic E-state index is -0.180. The molecule has 2 atom stereocenters. The van der Waals surface area contributed by atoms with Crippen molar-refractivity contribution < 1.29 is 23.7 Å². The van der Waals surface area contributed by atoms with Crippen molar-refractivity contribution in [3.63, 3.8) is 0 Å². The van der Waals surface area contributed by atoms with E-state index in [4.69, 9.17) is 18.9 Å². The third kappa shape index (κ3) is 3.93. The molecule has 1 aliphatic carbocycles. The number of ether oxygens (including phenoxy) is 4. The molecule has 0 radical (unpaired) electrons. The summed E-state index contributed by atoms with van der Waals surface area (Å²) in [6, 6.07) is 11.9. The quantitative estimate of drug-likeness (QED) is 0.453. The number of nitrogens with one attached hydrogen (secondary N) is 1. The fourth-order valence-electron chi connectivity index (χ4n) is 5.27. The van der Waals surface area contributed by atoms with Gasteiger partial charge in [-0.05, 0) is 54.0 Å². The second kappa shape index (κ2) is 9.30. The molecule has 0 saturated carbocycles. The number of methoxy groups -OCH3 is 4. The predicted molar refractivity (Wildman–Crippen MR) is 138 cm³/mol. The normalized spacial score (nSPS) is 18.9. The monoisotopic (exact) mass is 491 g/mol. The summed E-state index contributed by atoms with van der Waals surface area (Å²) in [7, 11) is 6.56. The lowest BCUT2D eigenvalue weighted by Crippen LogP contribution is -2.30. The van der Waals surface area contributed by atoms with Crippen LogP contribution in [0.25, 0.3) is 0 Å². The van der Waals surface area contributed by atoms with E-state index in [0.717, 1.165) is 34.5 Å². The maximum atomic E-state index is 13.8. The Morgan fingerprint density at radius 2 is 1.66 bits per heavy atom. The van der Waals surface area contributed by atoms with Crippen molar-refractivity contribution in [2.24, 2.45) is 0 Å². The van der Waals surface area contributed by atoms with Crippen LogP contribution in [0, 0.1) is 6.92 Å². The van der Waals surface area contributed by atoms with E-state index < -0.39 is 0 Å². The maximum Gasteiger partial charge on any atom is 0.162 e. The molecule has 0 bridgehead atoms. The number of carbonyl (C=O) groups excluding carboxylic acids is 1. The van der Waals surface area contributed by atoms with Crippen molar-refractivity contribution in [3.8, 4) is 23.0 Å². The third-order valence-electron chi connectivity index (χ3n) is 6.98. The van der Waals surface area contributed by atoms with E-state index in [9.17, 15) is 4.79 Å². The molecule has 182 valence electrons. The standard InChI is InChI=1S/C28H29NO5S/c1-15-8-9-35-28(15)27-25-19(29-20-13-18(31-2)14-24(34-5)26(20)27)10-17(11-21(25)30)16-6-7-22(32-3)23(12-16)33-4/h6-9,12-14,17,27,29H,10-11H2,1-5H3/t17-,27+/m1/s1. The lowest BCUT2D eigenvalue weighted by Gasteiger charge is -2.37. The number of ketones is 1. The highest BCUT2D eigenvalue weighted by Crippen LogP contribution is 2.53. The van der Waals surface area contributed by atoms with E-state index in [0.29, 0.717) is 29.4 Å². The van der Waals surface area contributed by atoms with Gasteiger partial charge in [-0.3, -0.25) is 4.79 Å². The SMILES string of the molecule is COc1cc2c(c(OC)c1)[C@@H](c1sccc1C)C1=C(C[C@@H](c3ccc(OC)c(OC)c3)CC1=O)N2. The van der Waals surface area contributed by atoms with Crippen LogP contribution in [0.5, 0.6) is 23.0 Å². The molecular formula is C28H29NO5S. The average Bonchev–Trinajstić information content (AvgIpc) is 3.31. The molecule has 3 aromatic rings. The van der Waals surface area contributed by atoms with Crippen LogP contribution < -0.4 is 24.3 Å². The van der Waals surface area contributed by atoms with Crippen LogP contribution in [-0.2, 0) is 4.79 Å². The minimum absolute atomic E-state index is 0.0349. The van der Waals surface area contributed by atoms with Crippen LogP contribution in [0.2, 0.25) is 0 Å². The fourth-order valence-corrected chi connectivity index (χ4v) is 6.31. The summed E-state index contributed by atoms with van der Waals surface area (Å²) in [5.74, 6) is 2.77. The maximum absolute atomic E-state index is 13.8. The fraction of sp³-hybridized carbons (Fsp3) is 0.321. The van der Waals surface area contributed by atoms with Crippen LogP contribution in [0.3, 0.4) is 0 Å². The zero-order chi connectivity index (χ0) is 24.7. The van der Waals surface area contributed by atoms with Gasteiger partial charge in [-0.2, -0.15) is 0 Å². The van der Waals surface area contributed by atoms with Gasteiger partial charge in [-0.1, -0.05) is 6.07 Å². The Morgan fingerprint density at radius 1 is 0.886 bits per heavy atom. The van der Waals surface area contributed by atoms with Crippen molar-refractivity contribution in [3.05, 3.63) is 74.6 Å². The number of fused-ring (bicyclic) bond motifs is 1. The van der Waals surface area contributed by atoms with Gasteiger partial charge in [0.15, 0.2) is 17.3 Å². The van der Waals surface area contributed by atoms with Crippen LogP contribution >= 0.6 is 11.3 Å². The van der Waals surface area contributed by atoms with E-state index >= 15 is 0 Å². The Balaban J connectivity index is 1.63. The molecular weight excluding hydrogens is 462 g/mol. The topological polar surface area (TPSA) is 66.0 Å². The molecule has 0 fully saturated rings. The van der Waals surface area contributed by atoms with Gasteiger partial charge in [0, 0.05) is 46.0 Å². The molecule has 6 nitrogen and oxygen atoms in total. The summed E-state index contributed by atoms with van der Waals surface area (Å²) in [5, 5.41) is 5.67. The van der Waals surface area contributed by atoms with Crippen LogP contribution in [-0.4, -0.2) is 34.2 Å². The molecule has 1 aliphatic heterocycles. The van der Waals surface area contributed by atoms with Crippen LogP contribution in [0.1, 0.15) is 46.2 Å². The minimum Gasteiger partial charge on any atom is -0.497 e. The molecule has 1 aromatic heterocycles. The van der Waals surface area contributed by atoms with Gasteiger partial charge >= 0.3 is 0 Å². The molecule has 1 N–H and O–H groups in total. The Hall–Kier alpha value is -3.45. The highest BCUT2D eigenvalue weighted by Gasteiger charge is 2.41. The first-order valence-corrected chi connectivity index (χ1v) is 12.4. The number of hydrogen-bond donors (Lipinski definition) is 1. The van der Waals surface area contributed by atoms with Gasteiger partial charge in [0.2, 0.25) is 0 Å². The van der Waals surface area contributed by atoms with Crippen molar-refractivity contribution >= 4 is 22.8 Å². The Kier molecular flexibility index (Phi) is 6.19. The first-order valence-electron chi connectivity index (χ1n) is 11.5. The van der Waals surface area contributed by atoms with Crippen molar-refractivity contribution in [2.45, 2.75) is 31.6 Å². The number of carbonyl (C=O) groups is 1. The largest absolute Gasteiger partial charge is 0.497 e. The van der Waals surface area contributed by atoms with Gasteiger partial charge in [-0.25, -0.2) is 0 Å². The number of anilines is 1. The first-order chi connectivity index (χ1) is 17.0. The summed E-state index contributed by atoms with van der Waals surface area (Å²) in [5.41, 5.74) is 5.92. The van der Waals surface area contributed by atoms with Crippen molar-refractivity contribution in [1.29, 1.82) is 0 Å². The smallest absolute Gasteiger partial charge is 0.162 e. The second-order valence-corrected chi connectivity index (χ2v) is 9.80. The summed E-state index contributed by atoms with van der Waals surface area (Å²) in [6.07, 6.45) is 1.15. The summed E-state index contributed by atoms with van der Waals surface area (Å²) in [4.78, 5) is 15.0. The van der Waals surface area contributed by atoms with E-state index in [-0.39, 0.29) is 17.6 Å². The molecule has 2 heterocycles. The summed E-state index contributed by atoms with van der Waals surface area (Å²) < 4.78 is 22.3. The first kappa shape index (κ1) is 23.3. The zero-order valence-corrected chi connectivity index (χ0v) is 21.4. The van der Waals surface area contributed by atoms with Gasteiger partial charge in [0.05, 0.1) is 34.4 Å². The molecule has 35 heavy (non-hydrogen) atoms. The van der Waals surface area contributed by atoms with Gasteiger partial charge < -0.3 is 24.3 Å². The number of Topliss-reactive ketones (excluding diaryl/α,β-unsaturated/α-hetero) is 1. The molecule has 0 amide bonds.